The number of thioether (sulfide) groups is 1. The van der Waals surface area contributed by atoms with E-state index in [2.05, 4.69) is 5.32 Å². The van der Waals surface area contributed by atoms with Gasteiger partial charge in [-0.15, -0.1) is 11.8 Å². The van der Waals surface area contributed by atoms with Gasteiger partial charge >= 0.3 is 0 Å². The first-order chi connectivity index (χ1) is 7.33. The van der Waals surface area contributed by atoms with E-state index in [4.69, 9.17) is 0 Å². The molecule has 2 atom stereocenters. The highest BCUT2D eigenvalue weighted by atomic mass is 32.2. The average molecular weight is 221 g/mol. The molecular weight excluding hydrogens is 210 g/mol. The lowest BCUT2D eigenvalue weighted by atomic mass is 10.0. The number of benzene rings is 1. The third-order valence-electron chi connectivity index (χ3n) is 2.42. The molecule has 0 amide bonds. The van der Waals surface area contributed by atoms with E-state index in [1.807, 2.05) is 30.3 Å². The van der Waals surface area contributed by atoms with Crippen molar-refractivity contribution in [3.8, 4) is 0 Å². The zero-order valence-corrected chi connectivity index (χ0v) is 8.87. The number of hydrogen-bond donors (Lipinski definition) is 1. The molecule has 0 aromatic heterocycles. The summed E-state index contributed by atoms with van der Waals surface area (Å²) < 4.78 is 0. The third-order valence-corrected chi connectivity index (χ3v) is 3.66. The van der Waals surface area contributed by atoms with Gasteiger partial charge in [-0.25, -0.2) is 0 Å². The second-order valence-corrected chi connectivity index (χ2v) is 4.47. The van der Waals surface area contributed by atoms with Gasteiger partial charge in [0.25, 0.3) is 0 Å². The zero-order chi connectivity index (χ0) is 10.7. The third kappa shape index (κ3) is 2.11. The van der Waals surface area contributed by atoms with Crippen molar-refractivity contribution in [2.45, 2.75) is 11.3 Å². The molecule has 1 N–H and O–H groups in total. The van der Waals surface area contributed by atoms with Crippen molar-refractivity contribution in [1.29, 1.82) is 0 Å². The quantitative estimate of drug-likeness (QED) is 0.614. The summed E-state index contributed by atoms with van der Waals surface area (Å²) in [6, 6.07) is 9.42. The fraction of sp³-hybridized carbons (Fsp3) is 0.273. The Morgan fingerprint density at radius 1 is 1.40 bits per heavy atom. The molecule has 2 rings (SSSR count). The molecule has 1 aromatic carbocycles. The van der Waals surface area contributed by atoms with Crippen LogP contribution in [0.3, 0.4) is 0 Å². The van der Waals surface area contributed by atoms with Crippen molar-refractivity contribution in [1.82, 2.24) is 5.32 Å². The van der Waals surface area contributed by atoms with Crippen LogP contribution in [0, 0.1) is 0 Å². The molecule has 3 nitrogen and oxygen atoms in total. The Morgan fingerprint density at radius 3 is 2.80 bits per heavy atom. The molecule has 0 spiro atoms. The number of aldehydes is 1. The normalized spacial score (nSPS) is 25.1. The summed E-state index contributed by atoms with van der Waals surface area (Å²) in [4.78, 5) is 21.8. The highest BCUT2D eigenvalue weighted by Gasteiger charge is 2.33. The maximum absolute atomic E-state index is 11.4. The Labute approximate surface area is 92.2 Å². The minimum Gasteiger partial charge on any atom is -0.297 e. The fourth-order valence-electron chi connectivity index (χ4n) is 1.69. The van der Waals surface area contributed by atoms with Gasteiger partial charge in [-0.3, -0.25) is 14.9 Å². The molecule has 0 saturated carbocycles. The lowest BCUT2D eigenvalue weighted by Gasteiger charge is -2.15. The molecule has 1 aromatic rings. The van der Waals surface area contributed by atoms with E-state index in [0.717, 1.165) is 5.56 Å². The van der Waals surface area contributed by atoms with Gasteiger partial charge in [0, 0.05) is 5.88 Å². The summed E-state index contributed by atoms with van der Waals surface area (Å²) in [5.74, 6) is 0.345. The second kappa shape index (κ2) is 4.59. The van der Waals surface area contributed by atoms with Crippen molar-refractivity contribution in [3.63, 3.8) is 0 Å². The molecule has 1 heterocycles. The van der Waals surface area contributed by atoms with E-state index in [9.17, 15) is 9.59 Å². The van der Waals surface area contributed by atoms with Gasteiger partial charge in [0.15, 0.2) is 6.29 Å². The minimum atomic E-state index is -0.367. The van der Waals surface area contributed by atoms with Gasteiger partial charge in [-0.05, 0) is 5.56 Å². The lowest BCUT2D eigenvalue weighted by molar-refractivity contribution is -0.131. The van der Waals surface area contributed by atoms with E-state index in [-0.39, 0.29) is 17.1 Å². The van der Waals surface area contributed by atoms with Crippen LogP contribution in [0.25, 0.3) is 0 Å². The van der Waals surface area contributed by atoms with Crippen molar-refractivity contribution < 1.29 is 9.59 Å². The van der Waals surface area contributed by atoms with Crippen LogP contribution in [0.4, 0.5) is 0 Å². The molecule has 0 radical (unpaired) electrons. The summed E-state index contributed by atoms with van der Waals surface area (Å²) in [6.45, 7) is 0. The standard InChI is InChI=1S/C11H11NO2S/c13-6-9(14)10-11(15-7-12-10)8-4-2-1-3-5-8/h1-6,10-12H,7H2. The zero-order valence-electron chi connectivity index (χ0n) is 8.05. The molecule has 1 aliphatic rings. The van der Waals surface area contributed by atoms with Crippen LogP contribution in [0.1, 0.15) is 10.8 Å². The van der Waals surface area contributed by atoms with Crippen LogP contribution >= 0.6 is 11.8 Å². The number of Topliss-reactive ketones (excluding diaryl/α,β-unsaturated/α-hetero) is 1. The number of nitrogens with one attached hydrogen (secondary N) is 1. The molecule has 0 aliphatic carbocycles. The second-order valence-electron chi connectivity index (χ2n) is 3.34. The summed E-state index contributed by atoms with van der Waals surface area (Å²) in [7, 11) is 0. The van der Waals surface area contributed by atoms with E-state index in [1.54, 1.807) is 11.8 Å². The first kappa shape index (κ1) is 10.4. The van der Waals surface area contributed by atoms with E-state index in [0.29, 0.717) is 12.2 Å². The number of carbonyl (C=O) groups excluding carboxylic acids is 2. The predicted octanol–water partition coefficient (Wildman–Crippen LogP) is 1.16. The van der Waals surface area contributed by atoms with Gasteiger partial charge in [0.05, 0.1) is 11.3 Å². The van der Waals surface area contributed by atoms with E-state index in [1.165, 1.54) is 0 Å². The Kier molecular flexibility index (Phi) is 3.18. The van der Waals surface area contributed by atoms with Crippen molar-refractivity contribution >= 4 is 23.8 Å². The van der Waals surface area contributed by atoms with Crippen molar-refractivity contribution in [3.05, 3.63) is 35.9 Å². The summed E-state index contributed by atoms with van der Waals surface area (Å²) in [6.07, 6.45) is 0.402. The number of ketones is 1. The Balaban J connectivity index is 2.22. The van der Waals surface area contributed by atoms with Crippen LogP contribution in [-0.4, -0.2) is 24.0 Å². The smallest absolute Gasteiger partial charge is 0.213 e. The van der Waals surface area contributed by atoms with Gasteiger partial charge in [-0.2, -0.15) is 0 Å². The SMILES string of the molecule is O=CC(=O)C1NCSC1c1ccccc1. The number of hydrogen-bond acceptors (Lipinski definition) is 4. The first-order valence-electron chi connectivity index (χ1n) is 4.72. The Morgan fingerprint density at radius 2 is 2.13 bits per heavy atom. The largest absolute Gasteiger partial charge is 0.297 e. The molecule has 0 bridgehead atoms. The molecule has 1 saturated heterocycles. The molecule has 1 aliphatic heterocycles. The predicted molar refractivity (Wildman–Crippen MR) is 59.6 cm³/mol. The van der Waals surface area contributed by atoms with Gasteiger partial charge < -0.3 is 0 Å². The number of rotatable bonds is 3. The molecule has 4 heteroatoms. The Hall–Kier alpha value is -1.13. The molecule has 1 fully saturated rings. The van der Waals surface area contributed by atoms with E-state index >= 15 is 0 Å². The number of carbonyl (C=O) groups is 2. The summed E-state index contributed by atoms with van der Waals surface area (Å²) in [5.41, 5.74) is 1.09. The lowest BCUT2D eigenvalue weighted by Crippen LogP contribution is -2.35. The summed E-state index contributed by atoms with van der Waals surface area (Å²) >= 11 is 1.66. The van der Waals surface area contributed by atoms with Crippen LogP contribution in [-0.2, 0) is 9.59 Å². The molecule has 78 valence electrons. The molecular formula is C11H11NO2S. The van der Waals surface area contributed by atoms with Crippen LogP contribution in [0.5, 0.6) is 0 Å². The highest BCUT2D eigenvalue weighted by Crippen LogP contribution is 2.36. The Bertz CT molecular complexity index is 366. The first-order valence-corrected chi connectivity index (χ1v) is 5.77. The van der Waals surface area contributed by atoms with Crippen molar-refractivity contribution in [2.24, 2.45) is 0 Å². The maximum Gasteiger partial charge on any atom is 0.213 e. The topological polar surface area (TPSA) is 46.2 Å². The molecule has 15 heavy (non-hydrogen) atoms. The van der Waals surface area contributed by atoms with Crippen LogP contribution in [0.15, 0.2) is 30.3 Å². The van der Waals surface area contributed by atoms with Gasteiger partial charge in [0.1, 0.15) is 0 Å². The van der Waals surface area contributed by atoms with Gasteiger partial charge in [0.2, 0.25) is 5.78 Å². The van der Waals surface area contributed by atoms with E-state index < -0.39 is 0 Å². The monoisotopic (exact) mass is 221 g/mol. The fourth-order valence-corrected chi connectivity index (χ4v) is 2.91. The van der Waals surface area contributed by atoms with Crippen molar-refractivity contribution in [2.75, 3.05) is 5.88 Å². The maximum atomic E-state index is 11.4. The van der Waals surface area contributed by atoms with Crippen LogP contribution in [0.2, 0.25) is 0 Å². The minimum absolute atomic E-state index is 0.0592. The van der Waals surface area contributed by atoms with Gasteiger partial charge in [-0.1, -0.05) is 30.3 Å². The van der Waals surface area contributed by atoms with Crippen LogP contribution < -0.4 is 5.32 Å². The highest BCUT2D eigenvalue weighted by molar-refractivity contribution is 7.99. The summed E-state index contributed by atoms with van der Waals surface area (Å²) in [5, 5.41) is 3.10. The molecule has 2 unspecified atom stereocenters. The average Bonchev–Trinajstić information content (AvgIpc) is 2.78.